The molecule has 11 heavy (non-hydrogen) atoms. The van der Waals surface area contributed by atoms with Crippen molar-refractivity contribution < 1.29 is 4.74 Å². The Morgan fingerprint density at radius 3 is 2.82 bits per heavy atom. The number of hydrogen-bond acceptors (Lipinski definition) is 2. The molecule has 0 heterocycles. The van der Waals surface area contributed by atoms with Gasteiger partial charge in [0, 0.05) is 12.6 Å². The Balaban J connectivity index is 1.87. The van der Waals surface area contributed by atoms with E-state index < -0.39 is 0 Å². The topological polar surface area (TPSA) is 21.3 Å². The van der Waals surface area contributed by atoms with E-state index in [9.17, 15) is 0 Å². The Kier molecular flexibility index (Phi) is 3.87. The van der Waals surface area contributed by atoms with Gasteiger partial charge in [-0.05, 0) is 39.2 Å². The highest BCUT2D eigenvalue weighted by Gasteiger charge is 2.20. The minimum Gasteiger partial charge on any atom is -0.380 e. The lowest BCUT2D eigenvalue weighted by atomic mass is 10.3. The van der Waals surface area contributed by atoms with Crippen molar-refractivity contribution in [2.75, 3.05) is 19.8 Å². The van der Waals surface area contributed by atoms with Gasteiger partial charge < -0.3 is 10.1 Å². The Labute approximate surface area is 69.3 Å². The van der Waals surface area contributed by atoms with Crippen molar-refractivity contribution in [3.05, 3.63) is 0 Å². The van der Waals surface area contributed by atoms with Crippen LogP contribution in [0.4, 0.5) is 0 Å². The van der Waals surface area contributed by atoms with Crippen molar-refractivity contribution in [1.82, 2.24) is 5.32 Å². The summed E-state index contributed by atoms with van der Waals surface area (Å²) in [4.78, 5) is 0. The number of ether oxygens (including phenoxy) is 1. The van der Waals surface area contributed by atoms with Gasteiger partial charge in [-0.1, -0.05) is 0 Å². The molecule has 0 radical (unpaired) electrons. The van der Waals surface area contributed by atoms with E-state index in [4.69, 9.17) is 4.74 Å². The molecule has 2 nitrogen and oxygen atoms in total. The van der Waals surface area contributed by atoms with E-state index in [0.717, 1.165) is 19.1 Å². The molecule has 1 aliphatic carbocycles. The van der Waals surface area contributed by atoms with Crippen molar-refractivity contribution in [3.8, 4) is 0 Å². The molecule has 1 rings (SSSR count). The standard InChI is InChI=1S/C9H19NO/c1-3-11-7-8(2)10-6-9-4-5-9/h8-10H,3-7H2,1-2H3. The molecule has 1 atom stereocenters. The second-order valence-corrected chi connectivity index (χ2v) is 3.41. The van der Waals surface area contributed by atoms with Gasteiger partial charge in [0.1, 0.15) is 0 Å². The SMILES string of the molecule is CCOCC(C)NCC1CC1. The average Bonchev–Trinajstić information content (AvgIpc) is 2.80. The van der Waals surface area contributed by atoms with Crippen LogP contribution in [0.5, 0.6) is 0 Å². The first kappa shape index (κ1) is 9.01. The molecule has 0 aromatic rings. The van der Waals surface area contributed by atoms with Gasteiger partial charge in [-0.25, -0.2) is 0 Å². The molecule has 0 bridgehead atoms. The molecule has 0 spiro atoms. The fourth-order valence-corrected chi connectivity index (χ4v) is 1.04. The second kappa shape index (κ2) is 4.73. The van der Waals surface area contributed by atoms with E-state index in [2.05, 4.69) is 12.2 Å². The third-order valence-corrected chi connectivity index (χ3v) is 2.02. The summed E-state index contributed by atoms with van der Waals surface area (Å²) < 4.78 is 5.29. The van der Waals surface area contributed by atoms with Gasteiger partial charge >= 0.3 is 0 Å². The molecule has 0 aliphatic heterocycles. The van der Waals surface area contributed by atoms with Crippen LogP contribution in [0.3, 0.4) is 0 Å². The predicted molar refractivity (Wildman–Crippen MR) is 46.7 cm³/mol. The highest BCUT2D eigenvalue weighted by molar-refractivity contribution is 4.76. The monoisotopic (exact) mass is 157 g/mol. The molecule has 0 aromatic heterocycles. The minimum absolute atomic E-state index is 0.524. The van der Waals surface area contributed by atoms with Crippen LogP contribution in [-0.4, -0.2) is 25.8 Å². The zero-order chi connectivity index (χ0) is 8.10. The van der Waals surface area contributed by atoms with Gasteiger partial charge in [-0.15, -0.1) is 0 Å². The summed E-state index contributed by atoms with van der Waals surface area (Å²) in [6, 6.07) is 0.524. The molecule has 0 saturated heterocycles. The maximum absolute atomic E-state index is 5.29. The smallest absolute Gasteiger partial charge is 0.0616 e. The fourth-order valence-electron chi connectivity index (χ4n) is 1.04. The summed E-state index contributed by atoms with van der Waals surface area (Å²) in [6.45, 7) is 7.08. The highest BCUT2D eigenvalue weighted by Crippen LogP contribution is 2.27. The summed E-state index contributed by atoms with van der Waals surface area (Å²) in [5.41, 5.74) is 0. The molecular weight excluding hydrogens is 138 g/mol. The Morgan fingerprint density at radius 1 is 1.55 bits per heavy atom. The molecule has 0 amide bonds. The molecule has 0 aromatic carbocycles. The van der Waals surface area contributed by atoms with Gasteiger partial charge in [0.2, 0.25) is 0 Å². The molecular formula is C9H19NO. The summed E-state index contributed by atoms with van der Waals surface area (Å²) in [7, 11) is 0. The predicted octanol–water partition coefficient (Wildman–Crippen LogP) is 1.41. The Bertz CT molecular complexity index is 102. The number of nitrogens with one attached hydrogen (secondary N) is 1. The van der Waals surface area contributed by atoms with Crippen molar-refractivity contribution in [1.29, 1.82) is 0 Å². The van der Waals surface area contributed by atoms with Crippen LogP contribution in [-0.2, 0) is 4.74 Å². The maximum Gasteiger partial charge on any atom is 0.0616 e. The van der Waals surface area contributed by atoms with Gasteiger partial charge in [-0.3, -0.25) is 0 Å². The van der Waals surface area contributed by atoms with Crippen LogP contribution < -0.4 is 5.32 Å². The maximum atomic E-state index is 5.29. The normalized spacial score (nSPS) is 20.2. The summed E-state index contributed by atoms with van der Waals surface area (Å²) >= 11 is 0. The summed E-state index contributed by atoms with van der Waals surface area (Å²) in [5.74, 6) is 0.971. The Hall–Kier alpha value is -0.0800. The zero-order valence-electron chi connectivity index (χ0n) is 7.60. The fraction of sp³-hybridized carbons (Fsp3) is 1.00. The van der Waals surface area contributed by atoms with Crippen LogP contribution >= 0.6 is 0 Å². The summed E-state index contributed by atoms with van der Waals surface area (Å²) in [6.07, 6.45) is 2.85. The molecule has 1 N–H and O–H groups in total. The van der Waals surface area contributed by atoms with Crippen molar-refractivity contribution in [3.63, 3.8) is 0 Å². The van der Waals surface area contributed by atoms with Crippen molar-refractivity contribution >= 4 is 0 Å². The first-order chi connectivity index (χ1) is 5.33. The average molecular weight is 157 g/mol. The van der Waals surface area contributed by atoms with E-state index >= 15 is 0 Å². The zero-order valence-corrected chi connectivity index (χ0v) is 7.60. The van der Waals surface area contributed by atoms with Crippen LogP contribution in [0, 0.1) is 5.92 Å². The van der Waals surface area contributed by atoms with Gasteiger partial charge in [-0.2, -0.15) is 0 Å². The van der Waals surface area contributed by atoms with Crippen LogP contribution in [0.15, 0.2) is 0 Å². The van der Waals surface area contributed by atoms with E-state index in [1.807, 2.05) is 6.92 Å². The van der Waals surface area contributed by atoms with Crippen molar-refractivity contribution in [2.24, 2.45) is 5.92 Å². The first-order valence-corrected chi connectivity index (χ1v) is 4.64. The molecule has 2 heteroatoms. The second-order valence-electron chi connectivity index (χ2n) is 3.41. The molecule has 1 unspecified atom stereocenters. The van der Waals surface area contributed by atoms with Crippen molar-refractivity contribution in [2.45, 2.75) is 32.7 Å². The highest BCUT2D eigenvalue weighted by atomic mass is 16.5. The minimum atomic E-state index is 0.524. The third-order valence-electron chi connectivity index (χ3n) is 2.02. The van der Waals surface area contributed by atoms with Crippen LogP contribution in [0.2, 0.25) is 0 Å². The Morgan fingerprint density at radius 2 is 2.27 bits per heavy atom. The quantitative estimate of drug-likeness (QED) is 0.629. The van der Waals surface area contributed by atoms with E-state index in [0.29, 0.717) is 6.04 Å². The van der Waals surface area contributed by atoms with Gasteiger partial charge in [0.15, 0.2) is 0 Å². The largest absolute Gasteiger partial charge is 0.380 e. The van der Waals surface area contributed by atoms with Gasteiger partial charge in [0.25, 0.3) is 0 Å². The van der Waals surface area contributed by atoms with Crippen LogP contribution in [0.25, 0.3) is 0 Å². The van der Waals surface area contributed by atoms with E-state index in [1.165, 1.54) is 19.4 Å². The molecule has 66 valence electrons. The molecule has 1 saturated carbocycles. The lowest BCUT2D eigenvalue weighted by molar-refractivity contribution is 0.127. The summed E-state index contributed by atoms with van der Waals surface area (Å²) in [5, 5.41) is 3.45. The van der Waals surface area contributed by atoms with E-state index in [-0.39, 0.29) is 0 Å². The first-order valence-electron chi connectivity index (χ1n) is 4.64. The van der Waals surface area contributed by atoms with Gasteiger partial charge in [0.05, 0.1) is 6.61 Å². The molecule has 1 fully saturated rings. The number of hydrogen-bond donors (Lipinski definition) is 1. The third kappa shape index (κ3) is 4.38. The molecule has 1 aliphatic rings. The number of rotatable bonds is 6. The lowest BCUT2D eigenvalue weighted by Crippen LogP contribution is -2.32. The lowest BCUT2D eigenvalue weighted by Gasteiger charge is -2.12. The van der Waals surface area contributed by atoms with Crippen LogP contribution in [0.1, 0.15) is 26.7 Å². The van der Waals surface area contributed by atoms with E-state index in [1.54, 1.807) is 0 Å².